The van der Waals surface area contributed by atoms with Gasteiger partial charge in [-0.05, 0) is 0 Å². The van der Waals surface area contributed by atoms with E-state index in [1.165, 1.54) is 0 Å². The fourth-order valence-corrected chi connectivity index (χ4v) is 18.8. The van der Waals surface area contributed by atoms with E-state index in [2.05, 4.69) is 146 Å². The van der Waals surface area contributed by atoms with E-state index in [0.717, 1.165) is 31.8 Å². The van der Waals surface area contributed by atoms with Gasteiger partial charge in [0, 0.05) is 0 Å². The van der Waals surface area contributed by atoms with Crippen LogP contribution in [0, 0.1) is 0 Å². The van der Waals surface area contributed by atoms with E-state index in [4.69, 9.17) is 0 Å². The first-order valence-electron chi connectivity index (χ1n) is 13.7. The zero-order valence-corrected chi connectivity index (χ0v) is 24.2. The maximum atomic E-state index is 16.4. The van der Waals surface area contributed by atoms with Crippen molar-refractivity contribution >= 4 is 51.6 Å². The maximum absolute atomic E-state index is 16.4. The van der Waals surface area contributed by atoms with Gasteiger partial charge in [-0.3, -0.25) is 0 Å². The van der Waals surface area contributed by atoms with Crippen LogP contribution in [0.1, 0.15) is 0 Å². The van der Waals surface area contributed by atoms with Gasteiger partial charge in [0.25, 0.3) is 0 Å². The summed E-state index contributed by atoms with van der Waals surface area (Å²) in [5.74, 6) is 0. The van der Waals surface area contributed by atoms with Gasteiger partial charge in [0.2, 0.25) is 0 Å². The molecule has 0 saturated carbocycles. The molecule has 0 atom stereocenters. The van der Waals surface area contributed by atoms with Gasteiger partial charge >= 0.3 is 238 Å². The van der Waals surface area contributed by atoms with Crippen LogP contribution in [-0.2, 0) is 0 Å². The Balaban J connectivity index is 1.82. The molecule has 0 bridgehead atoms. The Morgan fingerprint density at radius 3 is 0.575 bits per heavy atom. The van der Waals surface area contributed by atoms with Crippen LogP contribution in [0.4, 0.5) is 4.79 Å². The predicted octanol–water partition coefficient (Wildman–Crippen LogP) is 6.56. The van der Waals surface area contributed by atoms with Crippen LogP contribution in [0.5, 0.6) is 0 Å². The normalized spacial score (nSPS) is 12.4. The third-order valence-electron chi connectivity index (χ3n) is 7.92. The molecule has 0 fully saturated rings. The molecule has 6 rings (SSSR count). The van der Waals surface area contributed by atoms with Crippen molar-refractivity contribution in [2.75, 3.05) is 0 Å². The van der Waals surface area contributed by atoms with Gasteiger partial charge < -0.3 is 0 Å². The van der Waals surface area contributed by atoms with Crippen molar-refractivity contribution in [2.24, 2.45) is 0 Å². The van der Waals surface area contributed by atoms with Crippen LogP contribution in [0.2, 0.25) is 0 Å². The second-order valence-corrected chi connectivity index (χ2v) is 17.9. The molecule has 0 unspecified atom stereocenters. The topological polar surface area (TPSA) is 17.1 Å². The Labute approximate surface area is 237 Å². The van der Waals surface area contributed by atoms with Gasteiger partial charge in [-0.1, -0.05) is 0 Å². The summed E-state index contributed by atoms with van der Waals surface area (Å²) in [5, 5.41) is 7.00. The first kappa shape index (κ1) is 26.1. The van der Waals surface area contributed by atoms with Crippen LogP contribution < -0.4 is 31.8 Å². The Kier molecular flexibility index (Phi) is 7.52. The van der Waals surface area contributed by atoms with E-state index in [-0.39, 0.29) is 0 Å². The van der Waals surface area contributed by atoms with Gasteiger partial charge in [0.15, 0.2) is 0 Å². The molecule has 0 aliphatic heterocycles. The third kappa shape index (κ3) is 4.33. The van der Waals surface area contributed by atoms with E-state index in [0.29, 0.717) is 5.27 Å². The molecule has 0 spiro atoms. The molecule has 0 saturated heterocycles. The van der Waals surface area contributed by atoms with Crippen molar-refractivity contribution in [2.45, 2.75) is 0 Å². The first-order chi connectivity index (χ1) is 19.8. The van der Waals surface area contributed by atoms with E-state index in [1.54, 1.807) is 0 Å². The van der Waals surface area contributed by atoms with E-state index in [1.807, 2.05) is 36.4 Å². The quantitative estimate of drug-likeness (QED) is 0.195. The molecular formula is C37H32OP2. The molecule has 3 heteroatoms. The molecule has 0 radical (unpaired) electrons. The minimum absolute atomic E-state index is 0.354. The van der Waals surface area contributed by atoms with Gasteiger partial charge in [0.05, 0.1) is 0 Å². The Morgan fingerprint density at radius 1 is 0.275 bits per heavy atom. The zero-order chi connectivity index (χ0) is 27.3. The van der Waals surface area contributed by atoms with E-state index < -0.39 is 14.5 Å². The molecule has 0 amide bonds. The molecule has 196 valence electrons. The van der Waals surface area contributed by atoms with Gasteiger partial charge in [-0.15, -0.1) is 0 Å². The van der Waals surface area contributed by atoms with Crippen molar-refractivity contribution in [3.05, 3.63) is 182 Å². The molecule has 40 heavy (non-hydrogen) atoms. The molecule has 0 aliphatic rings. The van der Waals surface area contributed by atoms with Crippen molar-refractivity contribution in [3.8, 4) is 0 Å². The standard InChI is InChI=1S/C37H32OP2/c38-37(39(31-19-7-1-8-20-31,32-21-9-2-10-22-32)33-23-11-3-12-24-33)40(34-25-13-4-14-26-34,35-27-15-5-16-28-35)36-29-17-6-18-30-36/h1-30,39-40H. The molecular weight excluding hydrogens is 522 g/mol. The molecule has 0 N–H and O–H groups in total. The average Bonchev–Trinajstić information content (AvgIpc) is 3.05. The summed E-state index contributed by atoms with van der Waals surface area (Å²) < 4.78 is 0. The van der Waals surface area contributed by atoms with Gasteiger partial charge in [-0.25, -0.2) is 0 Å². The number of hydrogen-bond donors (Lipinski definition) is 0. The number of hydrogen-bond acceptors (Lipinski definition) is 1. The SMILES string of the molecule is O=C([PH](c1ccccc1)(c1ccccc1)c1ccccc1)[PH](c1ccccc1)(c1ccccc1)c1ccccc1. The van der Waals surface area contributed by atoms with Gasteiger partial charge in [0.1, 0.15) is 0 Å². The fraction of sp³-hybridized carbons (Fsp3) is 0. The Morgan fingerprint density at radius 2 is 0.425 bits per heavy atom. The monoisotopic (exact) mass is 554 g/mol. The first-order valence-corrected chi connectivity index (χ1v) is 17.7. The van der Waals surface area contributed by atoms with Gasteiger partial charge in [-0.2, -0.15) is 0 Å². The number of rotatable bonds is 8. The van der Waals surface area contributed by atoms with Crippen LogP contribution >= 0.6 is 14.5 Å². The number of carbonyl (C=O) groups is 1. The zero-order valence-electron chi connectivity index (χ0n) is 22.2. The molecule has 0 heterocycles. The van der Waals surface area contributed by atoms with Crippen LogP contribution in [-0.4, -0.2) is 5.27 Å². The molecule has 0 aromatic heterocycles. The second kappa shape index (κ2) is 11.5. The van der Waals surface area contributed by atoms with E-state index in [9.17, 15) is 0 Å². The minimum atomic E-state index is -3.29. The van der Waals surface area contributed by atoms with Crippen molar-refractivity contribution < 1.29 is 4.79 Å². The van der Waals surface area contributed by atoms with Crippen molar-refractivity contribution in [3.63, 3.8) is 0 Å². The molecule has 0 aliphatic carbocycles. The van der Waals surface area contributed by atoms with E-state index >= 15 is 4.79 Å². The Hall–Kier alpha value is -4.15. The summed E-state index contributed by atoms with van der Waals surface area (Å²) in [5.41, 5.74) is 0. The van der Waals surface area contributed by atoms with Crippen LogP contribution in [0.25, 0.3) is 0 Å². The molecule has 1 nitrogen and oxygen atoms in total. The second-order valence-electron chi connectivity index (χ2n) is 10.0. The molecule has 6 aromatic carbocycles. The molecule has 6 aromatic rings. The Bertz CT molecular complexity index is 1350. The van der Waals surface area contributed by atoms with Crippen LogP contribution in [0.3, 0.4) is 0 Å². The number of benzene rings is 6. The summed E-state index contributed by atoms with van der Waals surface area (Å²) in [6.07, 6.45) is 0. The van der Waals surface area contributed by atoms with Crippen molar-refractivity contribution in [1.29, 1.82) is 0 Å². The fourth-order valence-electron chi connectivity index (χ4n) is 6.20. The van der Waals surface area contributed by atoms with Crippen molar-refractivity contribution in [1.82, 2.24) is 0 Å². The summed E-state index contributed by atoms with van der Waals surface area (Å²) >= 11 is 0. The summed E-state index contributed by atoms with van der Waals surface area (Å²) in [4.78, 5) is 16.4. The summed E-state index contributed by atoms with van der Waals surface area (Å²) in [6, 6.07) is 63.2. The predicted molar refractivity (Wildman–Crippen MR) is 178 cm³/mol. The number of carbonyl (C=O) groups excluding carboxylic acids is 1. The third-order valence-corrected chi connectivity index (χ3v) is 18.7. The van der Waals surface area contributed by atoms with Crippen LogP contribution in [0.15, 0.2) is 182 Å². The summed E-state index contributed by atoms with van der Waals surface area (Å²) in [6.45, 7) is 0. The summed E-state index contributed by atoms with van der Waals surface area (Å²) in [7, 11) is -6.58. The average molecular weight is 555 g/mol.